The standard InChI is InChI=1S/C8H11N2/c1-7(9)5-8-3-2-4-10-6-8/h2-4,7H,5,9H2,1H3. The summed E-state index contributed by atoms with van der Waals surface area (Å²) in [5.41, 5.74) is 6.66. The summed E-state index contributed by atoms with van der Waals surface area (Å²) in [5, 5.41) is 0. The molecule has 0 bridgehead atoms. The molecular formula is C8H11N2. The fraction of sp³-hybridized carbons (Fsp3) is 0.375. The third-order valence-corrected chi connectivity index (χ3v) is 1.21. The number of nitrogens with zero attached hydrogens (tertiary/aromatic N) is 1. The van der Waals surface area contributed by atoms with Gasteiger partial charge in [-0.1, -0.05) is 6.07 Å². The van der Waals surface area contributed by atoms with Gasteiger partial charge in [0.1, 0.15) is 0 Å². The highest BCUT2D eigenvalue weighted by Crippen LogP contribution is 1.97. The number of nitrogens with two attached hydrogens (primary N) is 1. The Morgan fingerprint density at radius 1 is 1.80 bits per heavy atom. The van der Waals surface area contributed by atoms with Gasteiger partial charge in [0.05, 0.1) is 6.20 Å². The summed E-state index contributed by atoms with van der Waals surface area (Å²) in [6.45, 7) is 1.97. The Bertz CT molecular complexity index is 182. The molecule has 0 saturated carbocycles. The summed E-state index contributed by atoms with van der Waals surface area (Å²) >= 11 is 0. The Kier molecular flexibility index (Phi) is 2.40. The van der Waals surface area contributed by atoms with E-state index in [1.807, 2.05) is 19.1 Å². The van der Waals surface area contributed by atoms with Gasteiger partial charge in [-0.3, -0.25) is 4.98 Å². The molecule has 0 aliphatic carbocycles. The van der Waals surface area contributed by atoms with Crippen molar-refractivity contribution >= 4 is 0 Å². The Morgan fingerprint density at radius 2 is 2.60 bits per heavy atom. The van der Waals surface area contributed by atoms with E-state index in [9.17, 15) is 0 Å². The summed E-state index contributed by atoms with van der Waals surface area (Å²) < 4.78 is 0. The van der Waals surface area contributed by atoms with E-state index in [4.69, 9.17) is 5.73 Å². The van der Waals surface area contributed by atoms with Gasteiger partial charge in [0.2, 0.25) is 0 Å². The molecule has 0 saturated heterocycles. The minimum atomic E-state index is 0.195. The second-order valence-electron chi connectivity index (χ2n) is 2.46. The van der Waals surface area contributed by atoms with Gasteiger partial charge < -0.3 is 5.73 Å². The van der Waals surface area contributed by atoms with Crippen molar-refractivity contribution in [1.29, 1.82) is 0 Å². The summed E-state index contributed by atoms with van der Waals surface area (Å²) in [7, 11) is 0. The van der Waals surface area contributed by atoms with Crippen molar-refractivity contribution in [2.75, 3.05) is 0 Å². The molecule has 1 rings (SSSR count). The number of aromatic nitrogens is 1. The SMILES string of the molecule is CC(N)Cc1[c]nccc1. The van der Waals surface area contributed by atoms with Crippen molar-refractivity contribution in [1.82, 2.24) is 4.98 Å². The molecule has 1 atom stereocenters. The van der Waals surface area contributed by atoms with E-state index in [-0.39, 0.29) is 6.04 Å². The predicted octanol–water partition coefficient (Wildman–Crippen LogP) is 0.771. The summed E-state index contributed by atoms with van der Waals surface area (Å²) in [4.78, 5) is 3.86. The minimum absolute atomic E-state index is 0.195. The van der Waals surface area contributed by atoms with Crippen molar-refractivity contribution < 1.29 is 0 Å². The molecular weight excluding hydrogens is 124 g/mol. The smallest absolute Gasteiger partial charge is 0.0921 e. The highest BCUT2D eigenvalue weighted by molar-refractivity contribution is 5.08. The maximum atomic E-state index is 5.58. The molecule has 0 fully saturated rings. The quantitative estimate of drug-likeness (QED) is 0.650. The lowest BCUT2D eigenvalue weighted by Crippen LogP contribution is -2.17. The predicted molar refractivity (Wildman–Crippen MR) is 40.4 cm³/mol. The van der Waals surface area contributed by atoms with E-state index >= 15 is 0 Å². The fourth-order valence-electron chi connectivity index (χ4n) is 0.820. The average Bonchev–Trinajstić information content (AvgIpc) is 1.88. The van der Waals surface area contributed by atoms with E-state index in [1.165, 1.54) is 0 Å². The van der Waals surface area contributed by atoms with Crippen molar-refractivity contribution in [2.45, 2.75) is 19.4 Å². The molecule has 1 radical (unpaired) electrons. The lowest BCUT2D eigenvalue weighted by atomic mass is 10.1. The molecule has 1 aromatic rings. The molecule has 2 heteroatoms. The van der Waals surface area contributed by atoms with Gasteiger partial charge in [-0.25, -0.2) is 0 Å². The molecule has 0 spiro atoms. The molecule has 1 unspecified atom stereocenters. The molecule has 10 heavy (non-hydrogen) atoms. The van der Waals surface area contributed by atoms with Crippen LogP contribution in [0.15, 0.2) is 18.3 Å². The van der Waals surface area contributed by atoms with Crippen molar-refractivity contribution in [3.05, 3.63) is 30.1 Å². The highest BCUT2D eigenvalue weighted by atomic mass is 14.6. The van der Waals surface area contributed by atoms with E-state index in [2.05, 4.69) is 11.2 Å². The van der Waals surface area contributed by atoms with Gasteiger partial charge in [-0.15, -0.1) is 0 Å². The Balaban J connectivity index is 2.59. The molecule has 0 aromatic carbocycles. The first kappa shape index (κ1) is 7.22. The third-order valence-electron chi connectivity index (χ3n) is 1.21. The van der Waals surface area contributed by atoms with Crippen LogP contribution in [-0.2, 0) is 6.42 Å². The van der Waals surface area contributed by atoms with Crippen molar-refractivity contribution in [2.24, 2.45) is 5.73 Å². The molecule has 0 amide bonds. The first-order valence-corrected chi connectivity index (χ1v) is 3.36. The minimum Gasteiger partial charge on any atom is -0.328 e. The third kappa shape index (κ3) is 2.15. The van der Waals surface area contributed by atoms with Crippen LogP contribution in [0.5, 0.6) is 0 Å². The highest BCUT2D eigenvalue weighted by Gasteiger charge is 1.95. The molecule has 1 heterocycles. The lowest BCUT2D eigenvalue weighted by molar-refractivity contribution is 0.735. The number of rotatable bonds is 2. The number of pyridine rings is 1. The Labute approximate surface area is 61.1 Å². The van der Waals surface area contributed by atoms with Crippen LogP contribution >= 0.6 is 0 Å². The molecule has 0 aliphatic rings. The van der Waals surface area contributed by atoms with Crippen LogP contribution in [0.1, 0.15) is 12.5 Å². The van der Waals surface area contributed by atoms with Gasteiger partial charge in [0.15, 0.2) is 0 Å². The van der Waals surface area contributed by atoms with Gasteiger partial charge in [-0.2, -0.15) is 0 Å². The van der Waals surface area contributed by atoms with Crippen LogP contribution < -0.4 is 5.73 Å². The van der Waals surface area contributed by atoms with Gasteiger partial charge >= 0.3 is 0 Å². The van der Waals surface area contributed by atoms with Crippen LogP contribution in [0.2, 0.25) is 0 Å². The van der Waals surface area contributed by atoms with Crippen LogP contribution in [-0.4, -0.2) is 11.0 Å². The first-order chi connectivity index (χ1) is 4.79. The molecule has 0 aliphatic heterocycles. The molecule has 2 nitrogen and oxygen atoms in total. The van der Waals surface area contributed by atoms with E-state index < -0.39 is 0 Å². The van der Waals surface area contributed by atoms with Crippen LogP contribution in [0.3, 0.4) is 0 Å². The fourth-order valence-corrected chi connectivity index (χ4v) is 0.820. The first-order valence-electron chi connectivity index (χ1n) is 3.36. The monoisotopic (exact) mass is 135 g/mol. The van der Waals surface area contributed by atoms with Crippen LogP contribution in [0, 0.1) is 6.20 Å². The summed E-state index contributed by atoms with van der Waals surface area (Å²) in [5.74, 6) is 0. The molecule has 2 N–H and O–H groups in total. The Morgan fingerprint density at radius 3 is 3.10 bits per heavy atom. The largest absolute Gasteiger partial charge is 0.328 e. The average molecular weight is 135 g/mol. The van der Waals surface area contributed by atoms with Crippen molar-refractivity contribution in [3.63, 3.8) is 0 Å². The lowest BCUT2D eigenvalue weighted by Gasteiger charge is -2.01. The topological polar surface area (TPSA) is 38.9 Å². The van der Waals surface area contributed by atoms with E-state index in [1.54, 1.807) is 6.20 Å². The van der Waals surface area contributed by atoms with Gasteiger partial charge in [0, 0.05) is 12.2 Å². The van der Waals surface area contributed by atoms with E-state index in [0.717, 1.165) is 12.0 Å². The zero-order valence-electron chi connectivity index (χ0n) is 6.04. The normalized spacial score (nSPS) is 13.0. The van der Waals surface area contributed by atoms with Crippen molar-refractivity contribution in [3.8, 4) is 0 Å². The zero-order chi connectivity index (χ0) is 7.40. The zero-order valence-corrected chi connectivity index (χ0v) is 6.04. The van der Waals surface area contributed by atoms with Crippen LogP contribution in [0.4, 0.5) is 0 Å². The van der Waals surface area contributed by atoms with Gasteiger partial charge in [0.25, 0.3) is 0 Å². The number of hydrogen-bond donors (Lipinski definition) is 1. The Hall–Kier alpha value is -0.890. The molecule has 53 valence electrons. The van der Waals surface area contributed by atoms with E-state index in [0.29, 0.717) is 0 Å². The second-order valence-corrected chi connectivity index (χ2v) is 2.46. The summed E-state index contributed by atoms with van der Waals surface area (Å²) in [6, 6.07) is 4.07. The van der Waals surface area contributed by atoms with Crippen LogP contribution in [0.25, 0.3) is 0 Å². The number of hydrogen-bond acceptors (Lipinski definition) is 2. The second kappa shape index (κ2) is 3.32. The maximum Gasteiger partial charge on any atom is 0.0921 e. The van der Waals surface area contributed by atoms with Gasteiger partial charge in [-0.05, 0) is 25.0 Å². The molecule has 1 aromatic heterocycles. The maximum absolute atomic E-state index is 5.58. The summed E-state index contributed by atoms with van der Waals surface area (Å²) in [6.07, 6.45) is 5.44.